The summed E-state index contributed by atoms with van der Waals surface area (Å²) in [5.74, 6) is -1.05. The molecule has 0 N–H and O–H groups in total. The molecule has 0 aliphatic heterocycles. The Morgan fingerprint density at radius 2 is 1.95 bits per heavy atom. The number of ether oxygens (including phenoxy) is 1. The Morgan fingerprint density at radius 3 is 2.45 bits per heavy atom. The van der Waals surface area contributed by atoms with Crippen molar-refractivity contribution in [2.75, 3.05) is 6.61 Å². The van der Waals surface area contributed by atoms with Crippen molar-refractivity contribution in [2.24, 2.45) is 5.41 Å². The first-order chi connectivity index (χ1) is 10.5. The van der Waals surface area contributed by atoms with Crippen LogP contribution in [0.4, 0.5) is 0 Å². The second kappa shape index (κ2) is 6.86. The highest BCUT2D eigenvalue weighted by molar-refractivity contribution is 6.06. The molecule has 0 spiro atoms. The number of rotatable bonds is 6. The fourth-order valence-electron chi connectivity index (χ4n) is 3.43. The molecule has 1 aliphatic rings. The highest BCUT2D eigenvalue weighted by atomic mass is 16.5. The third kappa shape index (κ3) is 2.96. The fourth-order valence-corrected chi connectivity index (χ4v) is 3.43. The van der Waals surface area contributed by atoms with E-state index in [1.165, 1.54) is 6.92 Å². The second-order valence-electron chi connectivity index (χ2n) is 5.84. The summed E-state index contributed by atoms with van der Waals surface area (Å²) in [6, 6.07) is 9.35. The smallest absolute Gasteiger partial charge is 0.320 e. The average molecular weight is 302 g/mol. The van der Waals surface area contributed by atoms with Gasteiger partial charge in [0.15, 0.2) is 5.78 Å². The summed E-state index contributed by atoms with van der Waals surface area (Å²) in [4.78, 5) is 37.0. The predicted molar refractivity (Wildman–Crippen MR) is 82.4 cm³/mol. The van der Waals surface area contributed by atoms with Gasteiger partial charge in [0.25, 0.3) is 0 Å². The molecule has 0 aromatic heterocycles. The Morgan fingerprint density at radius 1 is 1.27 bits per heavy atom. The van der Waals surface area contributed by atoms with Crippen LogP contribution in [0, 0.1) is 5.41 Å². The number of esters is 1. The molecule has 1 aliphatic carbocycles. The van der Waals surface area contributed by atoms with Crippen LogP contribution in [0.2, 0.25) is 0 Å². The van der Waals surface area contributed by atoms with Gasteiger partial charge >= 0.3 is 5.97 Å². The minimum Gasteiger partial charge on any atom is -0.465 e. The monoisotopic (exact) mass is 302 g/mol. The predicted octanol–water partition coefficient (Wildman–Crippen LogP) is 3.05. The van der Waals surface area contributed by atoms with E-state index >= 15 is 0 Å². The van der Waals surface area contributed by atoms with Gasteiger partial charge in [-0.3, -0.25) is 9.59 Å². The van der Waals surface area contributed by atoms with Crippen molar-refractivity contribution in [1.82, 2.24) is 0 Å². The largest absolute Gasteiger partial charge is 0.465 e. The molecule has 2 rings (SSSR count). The number of ketones is 2. The molecule has 0 amide bonds. The Hall–Kier alpha value is -1.97. The molecule has 0 bridgehead atoms. The van der Waals surface area contributed by atoms with E-state index in [0.717, 1.165) is 5.56 Å². The molecule has 4 nitrogen and oxygen atoms in total. The summed E-state index contributed by atoms with van der Waals surface area (Å²) in [5, 5.41) is 0. The lowest BCUT2D eigenvalue weighted by molar-refractivity contribution is -0.160. The molecule has 1 fully saturated rings. The SMILES string of the molecule is CCOC(=O)C1(C(CC(C)=O)c2ccccc2)CCCC1=O. The molecule has 1 aromatic rings. The normalized spacial score (nSPS) is 22.4. The van der Waals surface area contributed by atoms with Crippen LogP contribution >= 0.6 is 0 Å². The Balaban J connectivity index is 2.51. The molecule has 0 saturated heterocycles. The van der Waals surface area contributed by atoms with Crippen LogP contribution in [0.1, 0.15) is 51.0 Å². The molecule has 22 heavy (non-hydrogen) atoms. The van der Waals surface area contributed by atoms with Crippen molar-refractivity contribution in [3.8, 4) is 0 Å². The highest BCUT2D eigenvalue weighted by Crippen LogP contribution is 2.49. The van der Waals surface area contributed by atoms with Crippen LogP contribution in [-0.2, 0) is 19.1 Å². The molecule has 118 valence electrons. The maximum atomic E-state index is 12.6. The van der Waals surface area contributed by atoms with Crippen LogP contribution in [0.15, 0.2) is 30.3 Å². The van der Waals surface area contributed by atoms with E-state index in [1.807, 2.05) is 30.3 Å². The molecule has 0 radical (unpaired) electrons. The van der Waals surface area contributed by atoms with Crippen LogP contribution in [0.3, 0.4) is 0 Å². The molecule has 0 heterocycles. The molecule has 2 atom stereocenters. The molecular weight excluding hydrogens is 280 g/mol. The maximum absolute atomic E-state index is 12.6. The number of hydrogen-bond donors (Lipinski definition) is 0. The third-order valence-corrected chi connectivity index (χ3v) is 4.40. The lowest BCUT2D eigenvalue weighted by atomic mass is 9.68. The van der Waals surface area contributed by atoms with Crippen LogP contribution in [0.5, 0.6) is 0 Å². The van der Waals surface area contributed by atoms with Gasteiger partial charge in [-0.1, -0.05) is 30.3 Å². The van der Waals surface area contributed by atoms with Gasteiger partial charge < -0.3 is 9.53 Å². The summed E-state index contributed by atoms with van der Waals surface area (Å²) in [6.07, 6.45) is 1.67. The van der Waals surface area contributed by atoms with E-state index in [9.17, 15) is 14.4 Å². The first kappa shape index (κ1) is 16.4. The third-order valence-electron chi connectivity index (χ3n) is 4.40. The lowest BCUT2D eigenvalue weighted by Gasteiger charge is -2.33. The maximum Gasteiger partial charge on any atom is 0.320 e. The average Bonchev–Trinajstić information content (AvgIpc) is 2.88. The van der Waals surface area contributed by atoms with E-state index in [1.54, 1.807) is 6.92 Å². The fraction of sp³-hybridized carbons (Fsp3) is 0.500. The topological polar surface area (TPSA) is 60.4 Å². The Bertz CT molecular complexity index is 564. The highest BCUT2D eigenvalue weighted by Gasteiger charge is 2.55. The number of carbonyl (C=O) groups excluding carboxylic acids is 3. The number of Topliss-reactive ketones (excluding diaryl/α,β-unsaturated/α-hetero) is 2. The van der Waals surface area contributed by atoms with Crippen molar-refractivity contribution in [1.29, 1.82) is 0 Å². The van der Waals surface area contributed by atoms with Gasteiger partial charge in [0.2, 0.25) is 0 Å². The van der Waals surface area contributed by atoms with Gasteiger partial charge in [-0.15, -0.1) is 0 Å². The molecule has 1 saturated carbocycles. The number of benzene rings is 1. The first-order valence-electron chi connectivity index (χ1n) is 7.77. The molecule has 4 heteroatoms. The number of hydrogen-bond acceptors (Lipinski definition) is 4. The van der Waals surface area contributed by atoms with Gasteiger partial charge in [-0.25, -0.2) is 0 Å². The summed E-state index contributed by atoms with van der Waals surface area (Å²) < 4.78 is 5.21. The van der Waals surface area contributed by atoms with E-state index in [-0.39, 0.29) is 24.6 Å². The van der Waals surface area contributed by atoms with Crippen LogP contribution < -0.4 is 0 Å². The molecular formula is C18H22O4. The zero-order valence-corrected chi connectivity index (χ0v) is 13.1. The van der Waals surface area contributed by atoms with Crippen LogP contribution in [-0.4, -0.2) is 24.1 Å². The van der Waals surface area contributed by atoms with E-state index in [2.05, 4.69) is 0 Å². The Kier molecular flexibility index (Phi) is 5.11. The lowest BCUT2D eigenvalue weighted by Crippen LogP contribution is -2.43. The van der Waals surface area contributed by atoms with Crippen molar-refractivity contribution in [3.05, 3.63) is 35.9 Å². The minimum atomic E-state index is -1.21. The summed E-state index contributed by atoms with van der Waals surface area (Å²) in [5.41, 5.74) is -0.357. The van der Waals surface area contributed by atoms with Crippen molar-refractivity contribution >= 4 is 17.5 Å². The van der Waals surface area contributed by atoms with Gasteiger partial charge in [-0.2, -0.15) is 0 Å². The number of carbonyl (C=O) groups is 3. The second-order valence-corrected chi connectivity index (χ2v) is 5.84. The van der Waals surface area contributed by atoms with Gasteiger partial charge in [0.05, 0.1) is 6.61 Å². The zero-order valence-electron chi connectivity index (χ0n) is 13.1. The quantitative estimate of drug-likeness (QED) is 0.598. The van der Waals surface area contributed by atoms with Crippen LogP contribution in [0.25, 0.3) is 0 Å². The summed E-state index contributed by atoms with van der Waals surface area (Å²) >= 11 is 0. The minimum absolute atomic E-state index is 0.0303. The van der Waals surface area contributed by atoms with E-state index in [0.29, 0.717) is 19.3 Å². The van der Waals surface area contributed by atoms with Crippen molar-refractivity contribution < 1.29 is 19.1 Å². The standard InChI is InChI=1S/C18H22O4/c1-3-22-17(21)18(11-7-10-16(18)20)15(12-13(2)19)14-8-5-4-6-9-14/h4-6,8-9,15H,3,7,10-12H2,1-2H3. The van der Waals surface area contributed by atoms with Gasteiger partial charge in [0.1, 0.15) is 11.2 Å². The molecule has 1 aromatic carbocycles. The Labute approximate surface area is 130 Å². The summed E-state index contributed by atoms with van der Waals surface area (Å²) in [7, 11) is 0. The first-order valence-corrected chi connectivity index (χ1v) is 7.77. The van der Waals surface area contributed by atoms with Crippen molar-refractivity contribution in [2.45, 2.75) is 45.4 Å². The van der Waals surface area contributed by atoms with E-state index in [4.69, 9.17) is 4.74 Å². The molecule has 2 unspecified atom stereocenters. The zero-order chi connectivity index (χ0) is 16.2. The summed E-state index contributed by atoms with van der Waals surface area (Å²) in [6.45, 7) is 3.46. The van der Waals surface area contributed by atoms with Gasteiger partial charge in [-0.05, 0) is 32.3 Å². The van der Waals surface area contributed by atoms with Crippen molar-refractivity contribution in [3.63, 3.8) is 0 Å². The van der Waals surface area contributed by atoms with E-state index < -0.39 is 17.3 Å². The van der Waals surface area contributed by atoms with Gasteiger partial charge in [0, 0.05) is 18.8 Å².